The summed E-state index contributed by atoms with van der Waals surface area (Å²) in [7, 11) is 1.62. The van der Waals surface area contributed by atoms with Crippen molar-refractivity contribution < 1.29 is 14.3 Å². The first-order valence-corrected chi connectivity index (χ1v) is 8.50. The van der Waals surface area contributed by atoms with Crippen molar-refractivity contribution in [1.82, 2.24) is 10.6 Å². The quantitative estimate of drug-likeness (QED) is 0.688. The van der Waals surface area contributed by atoms with Gasteiger partial charge in [0.1, 0.15) is 0 Å². The van der Waals surface area contributed by atoms with Gasteiger partial charge in [-0.3, -0.25) is 9.59 Å². The van der Waals surface area contributed by atoms with Gasteiger partial charge < -0.3 is 20.7 Å². The highest BCUT2D eigenvalue weighted by atomic mass is 35.5. The van der Waals surface area contributed by atoms with Crippen LogP contribution in [0.25, 0.3) is 0 Å². The van der Waals surface area contributed by atoms with Gasteiger partial charge in [0, 0.05) is 24.9 Å². The second kappa shape index (κ2) is 10.4. The van der Waals surface area contributed by atoms with Gasteiger partial charge in [-0.15, -0.1) is 12.4 Å². The van der Waals surface area contributed by atoms with Crippen LogP contribution < -0.4 is 16.0 Å². The Morgan fingerprint density at radius 3 is 2.64 bits per heavy atom. The Morgan fingerprint density at radius 2 is 2.00 bits per heavy atom. The Hall–Kier alpha value is -1.63. The van der Waals surface area contributed by atoms with E-state index >= 15 is 0 Å². The molecule has 7 heteroatoms. The summed E-state index contributed by atoms with van der Waals surface area (Å²) in [6.07, 6.45) is 2.36. The summed E-state index contributed by atoms with van der Waals surface area (Å²) in [4.78, 5) is 24.9. The molecule has 1 aliphatic heterocycles. The van der Waals surface area contributed by atoms with Crippen LogP contribution in [0.5, 0.6) is 0 Å². The van der Waals surface area contributed by atoms with Crippen LogP contribution in [0.15, 0.2) is 24.3 Å². The van der Waals surface area contributed by atoms with Crippen LogP contribution in [0.3, 0.4) is 0 Å². The van der Waals surface area contributed by atoms with Crippen molar-refractivity contribution in [3.63, 3.8) is 0 Å². The van der Waals surface area contributed by atoms with Gasteiger partial charge in [-0.05, 0) is 50.6 Å². The zero-order chi connectivity index (χ0) is 17.4. The Kier molecular flexibility index (Phi) is 8.89. The lowest BCUT2D eigenvalue weighted by Gasteiger charge is -2.35. The lowest BCUT2D eigenvalue weighted by molar-refractivity contribution is -0.130. The minimum atomic E-state index is -0.513. The van der Waals surface area contributed by atoms with E-state index in [0.717, 1.165) is 32.4 Å². The fourth-order valence-electron chi connectivity index (χ4n) is 2.96. The first-order chi connectivity index (χ1) is 11.6. The van der Waals surface area contributed by atoms with Gasteiger partial charge in [0.15, 0.2) is 0 Å². The lowest BCUT2D eigenvalue weighted by atomic mass is 9.78. The molecule has 0 aromatic heterocycles. The number of benzene rings is 1. The number of amides is 2. The molecule has 0 saturated carbocycles. The average molecular weight is 370 g/mol. The first-order valence-electron chi connectivity index (χ1n) is 8.50. The molecule has 1 fully saturated rings. The van der Waals surface area contributed by atoms with Gasteiger partial charge in [-0.25, -0.2) is 0 Å². The number of hydrogen-bond donors (Lipinski definition) is 3. The molecular weight excluding hydrogens is 342 g/mol. The molecule has 0 aliphatic carbocycles. The molecule has 0 atom stereocenters. The van der Waals surface area contributed by atoms with Gasteiger partial charge in [0.05, 0.1) is 12.0 Å². The minimum absolute atomic E-state index is 0. The van der Waals surface area contributed by atoms with E-state index in [1.807, 2.05) is 6.92 Å². The summed E-state index contributed by atoms with van der Waals surface area (Å²) >= 11 is 0. The number of anilines is 1. The highest BCUT2D eigenvalue weighted by molar-refractivity contribution is 5.98. The standard InChI is InChI=1S/C18H27N3O3.ClH/c1-3-9-20-16(22)14-5-4-6-15(12-14)21-17(23)18(13-24-2)7-10-19-11-8-18;/h4-6,12,19H,3,7-11,13H2,1-2H3,(H,20,22)(H,21,23);1H. The largest absolute Gasteiger partial charge is 0.384 e. The summed E-state index contributed by atoms with van der Waals surface area (Å²) < 4.78 is 5.30. The van der Waals surface area contributed by atoms with Gasteiger partial charge in [-0.2, -0.15) is 0 Å². The van der Waals surface area contributed by atoms with Crippen molar-refractivity contribution in [3.05, 3.63) is 29.8 Å². The number of methoxy groups -OCH3 is 1. The van der Waals surface area contributed by atoms with Crippen LogP contribution in [0.2, 0.25) is 0 Å². The monoisotopic (exact) mass is 369 g/mol. The van der Waals surface area contributed by atoms with Crippen molar-refractivity contribution in [2.45, 2.75) is 26.2 Å². The van der Waals surface area contributed by atoms with Crippen LogP contribution in [0.1, 0.15) is 36.5 Å². The van der Waals surface area contributed by atoms with E-state index in [0.29, 0.717) is 24.4 Å². The number of rotatable bonds is 7. The van der Waals surface area contributed by atoms with Crippen LogP contribution in [-0.2, 0) is 9.53 Å². The molecule has 6 nitrogen and oxygen atoms in total. The summed E-state index contributed by atoms with van der Waals surface area (Å²) in [6, 6.07) is 7.04. The third-order valence-electron chi connectivity index (χ3n) is 4.38. The number of carbonyl (C=O) groups excluding carboxylic acids is 2. The molecule has 1 aliphatic rings. The molecule has 0 radical (unpaired) electrons. The molecule has 1 aromatic carbocycles. The van der Waals surface area contributed by atoms with Gasteiger partial charge in [0.25, 0.3) is 5.91 Å². The fourth-order valence-corrected chi connectivity index (χ4v) is 2.96. The van der Waals surface area contributed by atoms with E-state index in [1.165, 1.54) is 0 Å². The summed E-state index contributed by atoms with van der Waals surface area (Å²) in [6.45, 7) is 4.65. The SMILES string of the molecule is CCCNC(=O)c1cccc(NC(=O)C2(COC)CCNCC2)c1.Cl. The number of piperidine rings is 1. The third kappa shape index (κ3) is 5.70. The topological polar surface area (TPSA) is 79.5 Å². The second-order valence-corrected chi connectivity index (χ2v) is 6.25. The maximum atomic E-state index is 12.8. The van der Waals surface area contributed by atoms with E-state index in [4.69, 9.17) is 4.74 Å². The predicted octanol–water partition coefficient (Wildman–Crippen LogP) is 2.20. The fraction of sp³-hybridized carbons (Fsp3) is 0.556. The van der Waals surface area contributed by atoms with Gasteiger partial charge in [-0.1, -0.05) is 13.0 Å². The van der Waals surface area contributed by atoms with Crippen molar-refractivity contribution in [1.29, 1.82) is 0 Å². The van der Waals surface area contributed by atoms with Crippen LogP contribution in [-0.4, -0.2) is 45.2 Å². The molecule has 2 amide bonds. The molecule has 0 unspecified atom stereocenters. The summed E-state index contributed by atoms with van der Waals surface area (Å²) in [5.74, 6) is -0.168. The van der Waals surface area contributed by atoms with E-state index in [-0.39, 0.29) is 24.2 Å². The van der Waals surface area contributed by atoms with E-state index in [2.05, 4.69) is 16.0 Å². The zero-order valence-corrected chi connectivity index (χ0v) is 15.7. The Bertz CT molecular complexity index is 569. The smallest absolute Gasteiger partial charge is 0.251 e. The molecular formula is C18H28ClN3O3. The first kappa shape index (κ1) is 21.4. The molecule has 3 N–H and O–H groups in total. The Morgan fingerprint density at radius 1 is 1.28 bits per heavy atom. The molecule has 1 saturated heterocycles. The lowest BCUT2D eigenvalue weighted by Crippen LogP contribution is -2.47. The molecule has 1 aromatic rings. The predicted molar refractivity (Wildman–Crippen MR) is 101 cm³/mol. The van der Waals surface area contributed by atoms with Crippen LogP contribution in [0.4, 0.5) is 5.69 Å². The van der Waals surface area contributed by atoms with Crippen molar-refractivity contribution in [2.75, 3.05) is 38.7 Å². The Labute approximate surface area is 155 Å². The number of hydrogen-bond acceptors (Lipinski definition) is 4. The molecule has 0 spiro atoms. The molecule has 1 heterocycles. The van der Waals surface area contributed by atoms with Crippen molar-refractivity contribution >= 4 is 29.9 Å². The maximum Gasteiger partial charge on any atom is 0.251 e. The number of ether oxygens (including phenoxy) is 1. The summed E-state index contributed by atoms with van der Waals surface area (Å²) in [5, 5.41) is 9.07. The Balaban J connectivity index is 0.00000312. The molecule has 140 valence electrons. The number of nitrogens with one attached hydrogen (secondary N) is 3. The highest BCUT2D eigenvalue weighted by Gasteiger charge is 2.39. The van der Waals surface area contributed by atoms with Crippen molar-refractivity contribution in [3.8, 4) is 0 Å². The van der Waals surface area contributed by atoms with Crippen molar-refractivity contribution in [2.24, 2.45) is 5.41 Å². The average Bonchev–Trinajstić information content (AvgIpc) is 2.61. The third-order valence-corrected chi connectivity index (χ3v) is 4.38. The van der Waals surface area contributed by atoms with Crippen LogP contribution >= 0.6 is 12.4 Å². The second-order valence-electron chi connectivity index (χ2n) is 6.25. The van der Waals surface area contributed by atoms with E-state index in [9.17, 15) is 9.59 Å². The minimum Gasteiger partial charge on any atom is -0.384 e. The maximum absolute atomic E-state index is 12.8. The molecule has 0 bridgehead atoms. The summed E-state index contributed by atoms with van der Waals surface area (Å²) in [5.41, 5.74) is 0.672. The van der Waals surface area contributed by atoms with Gasteiger partial charge >= 0.3 is 0 Å². The molecule has 25 heavy (non-hydrogen) atoms. The van der Waals surface area contributed by atoms with Gasteiger partial charge in [0.2, 0.25) is 5.91 Å². The van der Waals surface area contributed by atoms with E-state index < -0.39 is 5.41 Å². The number of carbonyl (C=O) groups is 2. The highest BCUT2D eigenvalue weighted by Crippen LogP contribution is 2.31. The zero-order valence-electron chi connectivity index (χ0n) is 14.9. The molecule has 2 rings (SSSR count). The number of halogens is 1. The normalized spacial score (nSPS) is 15.8. The van der Waals surface area contributed by atoms with E-state index in [1.54, 1.807) is 31.4 Å². The van der Waals surface area contributed by atoms with Crippen LogP contribution in [0, 0.1) is 5.41 Å².